The van der Waals surface area contributed by atoms with Crippen molar-refractivity contribution in [3.8, 4) is 0 Å². The molecule has 1 saturated heterocycles. The second-order valence-electron chi connectivity index (χ2n) is 7.78. The van der Waals surface area contributed by atoms with Crippen LogP contribution in [0.25, 0.3) is 21.1 Å². The molecule has 0 radical (unpaired) electrons. The van der Waals surface area contributed by atoms with Crippen molar-refractivity contribution < 1.29 is 19.1 Å². The van der Waals surface area contributed by atoms with E-state index in [1.54, 1.807) is 15.7 Å². The van der Waals surface area contributed by atoms with Gasteiger partial charge in [-0.25, -0.2) is 9.78 Å². The van der Waals surface area contributed by atoms with E-state index in [9.17, 15) is 9.59 Å². The monoisotopic (exact) mass is 449 g/mol. The van der Waals surface area contributed by atoms with Crippen molar-refractivity contribution in [2.75, 3.05) is 25.2 Å². The fourth-order valence-corrected chi connectivity index (χ4v) is 5.13. The molecule has 8 heteroatoms. The fourth-order valence-electron chi connectivity index (χ4n) is 4.14. The molecule has 3 heterocycles. The predicted molar refractivity (Wildman–Crippen MR) is 124 cm³/mol. The van der Waals surface area contributed by atoms with Crippen molar-refractivity contribution in [1.82, 2.24) is 9.55 Å². The second kappa shape index (κ2) is 8.72. The van der Waals surface area contributed by atoms with Gasteiger partial charge in [-0.2, -0.15) is 0 Å². The maximum atomic E-state index is 13.6. The third-order valence-corrected chi connectivity index (χ3v) is 6.78. The number of ether oxygens (including phenoxy) is 2. The quantitative estimate of drug-likeness (QED) is 0.412. The molecular formula is C24H23N3O4S. The second-order valence-corrected chi connectivity index (χ2v) is 8.79. The molecule has 2 aromatic carbocycles. The van der Waals surface area contributed by atoms with Gasteiger partial charge < -0.3 is 14.0 Å². The summed E-state index contributed by atoms with van der Waals surface area (Å²) in [6, 6.07) is 15.4. The van der Waals surface area contributed by atoms with E-state index in [0.717, 1.165) is 40.6 Å². The van der Waals surface area contributed by atoms with Gasteiger partial charge in [-0.1, -0.05) is 41.7 Å². The number of carbonyl (C=O) groups excluding carboxylic acids is 2. The average Bonchev–Trinajstić information content (AvgIpc) is 3.55. The van der Waals surface area contributed by atoms with Crippen LogP contribution in [0.2, 0.25) is 0 Å². The highest BCUT2D eigenvalue weighted by atomic mass is 32.1. The van der Waals surface area contributed by atoms with Crippen LogP contribution in [0, 0.1) is 0 Å². The van der Waals surface area contributed by atoms with E-state index in [1.807, 2.05) is 48.5 Å². The van der Waals surface area contributed by atoms with Gasteiger partial charge in [-0.05, 0) is 31.0 Å². The van der Waals surface area contributed by atoms with Gasteiger partial charge in [-0.15, -0.1) is 0 Å². The zero-order valence-electron chi connectivity index (χ0n) is 17.7. The normalized spacial score (nSPS) is 16.0. The Morgan fingerprint density at radius 1 is 1.22 bits per heavy atom. The zero-order chi connectivity index (χ0) is 22.1. The van der Waals surface area contributed by atoms with Crippen molar-refractivity contribution in [3.63, 3.8) is 0 Å². The Hall–Kier alpha value is -3.23. The van der Waals surface area contributed by atoms with Crippen molar-refractivity contribution in [2.24, 2.45) is 0 Å². The number of para-hydroxylation sites is 2. The first-order chi connectivity index (χ1) is 15.6. The highest BCUT2D eigenvalue weighted by molar-refractivity contribution is 7.22. The van der Waals surface area contributed by atoms with Crippen LogP contribution in [-0.2, 0) is 20.8 Å². The molecule has 1 fully saturated rings. The zero-order valence-corrected chi connectivity index (χ0v) is 18.5. The number of nitrogens with zero attached hydrogens (tertiary/aromatic N) is 3. The lowest BCUT2D eigenvalue weighted by molar-refractivity contribution is -0.119. The van der Waals surface area contributed by atoms with Crippen molar-refractivity contribution >= 4 is 49.5 Å². The number of aromatic nitrogens is 2. The first-order valence-electron chi connectivity index (χ1n) is 10.6. The van der Waals surface area contributed by atoms with Crippen LogP contribution in [0.3, 0.4) is 0 Å². The Morgan fingerprint density at radius 2 is 2.03 bits per heavy atom. The van der Waals surface area contributed by atoms with Crippen LogP contribution in [0.15, 0.2) is 54.7 Å². The molecule has 32 heavy (non-hydrogen) atoms. The number of hydrogen-bond acceptors (Lipinski definition) is 6. The smallest absolute Gasteiger partial charge is 0.340 e. The first-order valence-corrected chi connectivity index (χ1v) is 11.4. The van der Waals surface area contributed by atoms with Crippen LogP contribution in [0.5, 0.6) is 0 Å². The topological polar surface area (TPSA) is 73.7 Å². The largest absolute Gasteiger partial charge is 0.465 e. The highest BCUT2D eigenvalue weighted by Gasteiger charge is 2.27. The molecular weight excluding hydrogens is 426 g/mol. The van der Waals surface area contributed by atoms with Crippen LogP contribution < -0.4 is 4.90 Å². The Morgan fingerprint density at radius 3 is 2.81 bits per heavy atom. The van der Waals surface area contributed by atoms with E-state index in [-0.39, 0.29) is 18.6 Å². The van der Waals surface area contributed by atoms with Crippen LogP contribution >= 0.6 is 11.3 Å². The maximum Gasteiger partial charge on any atom is 0.340 e. The molecule has 0 N–H and O–H groups in total. The first kappa shape index (κ1) is 20.7. The number of thiazole rings is 1. The standard InChI is InChI=1S/C24H23N3O4S/c1-30-23(29)18-14-26(20-10-4-2-8-17(18)20)15-22(28)27(13-16-7-6-12-31-16)24-25-19-9-3-5-11-21(19)32-24/h2-5,8-11,14,16H,6-7,12-13,15H2,1H3. The molecule has 4 aromatic rings. The van der Waals surface area contributed by atoms with Gasteiger partial charge in [0.15, 0.2) is 5.13 Å². The minimum atomic E-state index is -0.421. The molecule has 0 spiro atoms. The van der Waals surface area contributed by atoms with Gasteiger partial charge in [0.2, 0.25) is 5.91 Å². The number of hydrogen-bond donors (Lipinski definition) is 0. The third-order valence-electron chi connectivity index (χ3n) is 5.72. The molecule has 2 aromatic heterocycles. The number of benzene rings is 2. The number of rotatable bonds is 6. The van der Waals surface area contributed by atoms with E-state index < -0.39 is 5.97 Å². The molecule has 0 bridgehead atoms. The number of esters is 1. The summed E-state index contributed by atoms with van der Waals surface area (Å²) in [5, 5.41) is 1.43. The number of carbonyl (C=O) groups is 2. The summed E-state index contributed by atoms with van der Waals surface area (Å²) >= 11 is 1.50. The lowest BCUT2D eigenvalue weighted by Crippen LogP contribution is -2.39. The molecule has 1 unspecified atom stereocenters. The van der Waals surface area contributed by atoms with Crippen LogP contribution in [0.1, 0.15) is 23.2 Å². The SMILES string of the molecule is COC(=O)c1cn(CC(=O)N(CC2CCCO2)c2nc3ccccc3s2)c2ccccc12. The summed E-state index contributed by atoms with van der Waals surface area (Å²) in [6.45, 7) is 1.26. The lowest BCUT2D eigenvalue weighted by atomic mass is 10.2. The minimum absolute atomic E-state index is 0.00185. The summed E-state index contributed by atoms with van der Waals surface area (Å²) in [4.78, 5) is 32.3. The van der Waals surface area contributed by atoms with E-state index in [0.29, 0.717) is 17.2 Å². The predicted octanol–water partition coefficient (Wildman–Crippen LogP) is 4.25. The van der Waals surface area contributed by atoms with E-state index >= 15 is 0 Å². The van der Waals surface area contributed by atoms with Gasteiger partial charge in [0.1, 0.15) is 6.54 Å². The number of amides is 1. The summed E-state index contributed by atoms with van der Waals surface area (Å²) in [5.41, 5.74) is 2.13. The Balaban J connectivity index is 1.49. The van der Waals surface area contributed by atoms with Crippen molar-refractivity contribution in [2.45, 2.75) is 25.5 Å². The van der Waals surface area contributed by atoms with Crippen LogP contribution in [-0.4, -0.2) is 47.8 Å². The fraction of sp³-hybridized carbons (Fsp3) is 0.292. The van der Waals surface area contributed by atoms with E-state index in [1.165, 1.54) is 18.4 Å². The summed E-state index contributed by atoms with van der Waals surface area (Å²) in [5.74, 6) is -0.522. The van der Waals surface area contributed by atoms with Crippen LogP contribution in [0.4, 0.5) is 5.13 Å². The van der Waals surface area contributed by atoms with Gasteiger partial charge in [0, 0.05) is 23.7 Å². The molecule has 1 amide bonds. The summed E-state index contributed by atoms with van der Waals surface area (Å²) in [7, 11) is 1.36. The maximum absolute atomic E-state index is 13.6. The molecule has 1 aliphatic rings. The lowest BCUT2D eigenvalue weighted by Gasteiger charge is -2.23. The minimum Gasteiger partial charge on any atom is -0.465 e. The molecule has 7 nitrogen and oxygen atoms in total. The van der Waals surface area contributed by atoms with Crippen molar-refractivity contribution in [1.29, 1.82) is 0 Å². The molecule has 164 valence electrons. The van der Waals surface area contributed by atoms with Gasteiger partial charge in [0.25, 0.3) is 0 Å². The van der Waals surface area contributed by atoms with Gasteiger partial charge in [0.05, 0.1) is 35.5 Å². The van der Waals surface area contributed by atoms with Gasteiger partial charge in [-0.3, -0.25) is 9.69 Å². The number of methoxy groups -OCH3 is 1. The Bertz CT molecular complexity index is 1260. The molecule has 1 atom stereocenters. The van der Waals surface area contributed by atoms with E-state index in [2.05, 4.69) is 0 Å². The van der Waals surface area contributed by atoms with Gasteiger partial charge >= 0.3 is 5.97 Å². The number of fused-ring (bicyclic) bond motifs is 2. The Kier molecular flexibility index (Phi) is 5.63. The summed E-state index contributed by atoms with van der Waals surface area (Å²) in [6.07, 6.45) is 3.61. The highest BCUT2D eigenvalue weighted by Crippen LogP contribution is 2.30. The molecule has 1 aliphatic heterocycles. The van der Waals surface area contributed by atoms with Crippen molar-refractivity contribution in [3.05, 3.63) is 60.3 Å². The molecule has 5 rings (SSSR count). The molecule has 0 aliphatic carbocycles. The number of anilines is 1. The average molecular weight is 450 g/mol. The van der Waals surface area contributed by atoms with E-state index in [4.69, 9.17) is 14.5 Å². The third kappa shape index (κ3) is 3.87. The summed E-state index contributed by atoms with van der Waals surface area (Å²) < 4.78 is 13.6. The Labute approximate surface area is 189 Å². The molecule has 0 saturated carbocycles.